The molecule has 0 amide bonds. The molecular formula is C14H12N4O3. The Bertz CT molecular complexity index is 841. The number of aryl methyl sites for hydroxylation is 1. The van der Waals surface area contributed by atoms with Gasteiger partial charge in [-0.3, -0.25) is 4.40 Å². The lowest BCUT2D eigenvalue weighted by Crippen LogP contribution is -2.06. The van der Waals surface area contributed by atoms with Crippen molar-refractivity contribution in [3.63, 3.8) is 0 Å². The first kappa shape index (κ1) is 13.0. The number of hydrogen-bond donors (Lipinski definition) is 1. The van der Waals surface area contributed by atoms with Gasteiger partial charge in [0.05, 0.1) is 7.11 Å². The van der Waals surface area contributed by atoms with Crippen LogP contribution in [-0.2, 0) is 0 Å². The van der Waals surface area contributed by atoms with Gasteiger partial charge in [0.1, 0.15) is 11.6 Å². The summed E-state index contributed by atoms with van der Waals surface area (Å²) in [5, 5.41) is 17.2. The summed E-state index contributed by atoms with van der Waals surface area (Å²) in [5.41, 5.74) is 1.21. The maximum absolute atomic E-state index is 11.0. The monoisotopic (exact) mass is 284 g/mol. The summed E-state index contributed by atoms with van der Waals surface area (Å²) < 4.78 is 6.90. The molecule has 21 heavy (non-hydrogen) atoms. The molecule has 0 radical (unpaired) electrons. The van der Waals surface area contributed by atoms with E-state index in [2.05, 4.69) is 15.2 Å². The Labute approximate surface area is 119 Å². The number of carbonyl (C=O) groups is 1. The van der Waals surface area contributed by atoms with Crippen LogP contribution in [0.2, 0.25) is 0 Å². The highest BCUT2D eigenvalue weighted by molar-refractivity contribution is 5.86. The van der Waals surface area contributed by atoms with Gasteiger partial charge in [0.2, 0.25) is 0 Å². The minimum absolute atomic E-state index is 0.0513. The molecule has 3 rings (SSSR count). The van der Waals surface area contributed by atoms with Crippen LogP contribution in [0.5, 0.6) is 5.75 Å². The number of methoxy groups -OCH3 is 1. The van der Waals surface area contributed by atoms with E-state index in [0.29, 0.717) is 23.0 Å². The quantitative estimate of drug-likeness (QED) is 0.788. The summed E-state index contributed by atoms with van der Waals surface area (Å²) in [6, 6.07) is 8.79. The largest absolute Gasteiger partial charge is 0.497 e. The van der Waals surface area contributed by atoms with E-state index >= 15 is 0 Å². The number of carboxylic acids is 1. The molecule has 7 nitrogen and oxygen atoms in total. The zero-order valence-electron chi connectivity index (χ0n) is 11.4. The number of benzene rings is 1. The molecule has 1 N–H and O–H groups in total. The van der Waals surface area contributed by atoms with Crippen molar-refractivity contribution in [2.75, 3.05) is 7.11 Å². The number of ether oxygens (including phenoxy) is 1. The zero-order valence-corrected chi connectivity index (χ0v) is 11.4. The average Bonchev–Trinajstić information content (AvgIpc) is 2.91. The minimum atomic E-state index is -1.09. The number of aromatic carboxylic acids is 1. The Balaban J connectivity index is 2.22. The first-order valence-corrected chi connectivity index (χ1v) is 6.20. The Morgan fingerprint density at radius 1 is 1.29 bits per heavy atom. The Morgan fingerprint density at radius 3 is 2.81 bits per heavy atom. The fourth-order valence-corrected chi connectivity index (χ4v) is 2.15. The molecule has 0 bridgehead atoms. The van der Waals surface area contributed by atoms with Crippen molar-refractivity contribution >= 4 is 11.6 Å². The summed E-state index contributed by atoms with van der Waals surface area (Å²) in [7, 11) is 1.59. The molecule has 0 saturated carbocycles. The lowest BCUT2D eigenvalue weighted by Gasteiger charge is -2.06. The predicted molar refractivity (Wildman–Crippen MR) is 74.5 cm³/mol. The van der Waals surface area contributed by atoms with Crippen molar-refractivity contribution in [1.82, 2.24) is 19.6 Å². The summed E-state index contributed by atoms with van der Waals surface area (Å²) in [6.45, 7) is 1.71. The van der Waals surface area contributed by atoms with Crippen molar-refractivity contribution in [3.8, 4) is 17.1 Å². The van der Waals surface area contributed by atoms with E-state index in [1.54, 1.807) is 18.4 Å². The topological polar surface area (TPSA) is 89.6 Å². The molecule has 0 aliphatic rings. The van der Waals surface area contributed by atoms with Crippen molar-refractivity contribution in [3.05, 3.63) is 41.9 Å². The number of carboxylic acid groups (broad SMARTS) is 1. The van der Waals surface area contributed by atoms with E-state index in [4.69, 9.17) is 9.84 Å². The zero-order chi connectivity index (χ0) is 15.0. The summed E-state index contributed by atoms with van der Waals surface area (Å²) in [4.78, 5) is 15.1. The SMILES string of the molecule is COc1cccc(-c2nnc3cc(C(=O)O)nc(C)n23)c1. The van der Waals surface area contributed by atoms with Crippen LogP contribution in [0.4, 0.5) is 0 Å². The standard InChI is InChI=1S/C14H12N4O3/c1-8-15-11(14(19)20)7-12-16-17-13(18(8)12)9-4-3-5-10(6-9)21-2/h3-7H,1-2H3,(H,19,20). The van der Waals surface area contributed by atoms with E-state index in [9.17, 15) is 4.79 Å². The van der Waals surface area contributed by atoms with Crippen LogP contribution in [0.3, 0.4) is 0 Å². The van der Waals surface area contributed by atoms with Gasteiger partial charge in [-0.25, -0.2) is 9.78 Å². The van der Waals surface area contributed by atoms with E-state index in [-0.39, 0.29) is 5.69 Å². The second-order valence-electron chi connectivity index (χ2n) is 4.44. The van der Waals surface area contributed by atoms with Gasteiger partial charge < -0.3 is 9.84 Å². The van der Waals surface area contributed by atoms with Crippen LogP contribution < -0.4 is 4.74 Å². The Morgan fingerprint density at radius 2 is 2.10 bits per heavy atom. The Kier molecular flexibility index (Phi) is 3.02. The van der Waals surface area contributed by atoms with Crippen molar-refractivity contribution in [1.29, 1.82) is 0 Å². The molecule has 0 fully saturated rings. The molecule has 3 aromatic rings. The highest BCUT2D eigenvalue weighted by Gasteiger charge is 2.15. The molecule has 106 valence electrons. The third kappa shape index (κ3) is 2.18. The van der Waals surface area contributed by atoms with Gasteiger partial charge in [-0.15, -0.1) is 10.2 Å². The van der Waals surface area contributed by atoms with E-state index in [0.717, 1.165) is 5.56 Å². The fourth-order valence-electron chi connectivity index (χ4n) is 2.15. The predicted octanol–water partition coefficient (Wildman–Crippen LogP) is 1.81. The average molecular weight is 284 g/mol. The van der Waals surface area contributed by atoms with Gasteiger partial charge >= 0.3 is 5.97 Å². The third-order valence-corrected chi connectivity index (χ3v) is 3.11. The van der Waals surface area contributed by atoms with Gasteiger partial charge in [-0.05, 0) is 19.1 Å². The number of nitrogens with zero attached hydrogens (tertiary/aromatic N) is 4. The number of aromatic nitrogens is 4. The van der Waals surface area contributed by atoms with Crippen LogP contribution >= 0.6 is 0 Å². The smallest absolute Gasteiger partial charge is 0.354 e. The van der Waals surface area contributed by atoms with Crippen LogP contribution in [0.15, 0.2) is 30.3 Å². The molecule has 0 atom stereocenters. The molecule has 1 aromatic carbocycles. The van der Waals surface area contributed by atoms with E-state index in [1.165, 1.54) is 6.07 Å². The second-order valence-corrected chi connectivity index (χ2v) is 4.44. The molecule has 0 aliphatic heterocycles. The maximum atomic E-state index is 11.0. The molecule has 0 saturated heterocycles. The molecule has 0 aliphatic carbocycles. The highest BCUT2D eigenvalue weighted by atomic mass is 16.5. The summed E-state index contributed by atoms with van der Waals surface area (Å²) in [5.74, 6) is 0.710. The van der Waals surface area contributed by atoms with Crippen molar-refractivity contribution < 1.29 is 14.6 Å². The first-order chi connectivity index (χ1) is 10.1. The molecule has 2 aromatic heterocycles. The van der Waals surface area contributed by atoms with Gasteiger partial charge in [-0.2, -0.15) is 0 Å². The third-order valence-electron chi connectivity index (χ3n) is 3.11. The van der Waals surface area contributed by atoms with Gasteiger partial charge in [0, 0.05) is 11.6 Å². The Hall–Kier alpha value is -2.96. The molecule has 7 heteroatoms. The summed E-state index contributed by atoms with van der Waals surface area (Å²) >= 11 is 0. The van der Waals surface area contributed by atoms with Crippen LogP contribution in [-0.4, -0.2) is 37.8 Å². The van der Waals surface area contributed by atoms with Crippen LogP contribution in [0.25, 0.3) is 17.0 Å². The van der Waals surface area contributed by atoms with E-state index in [1.807, 2.05) is 24.3 Å². The van der Waals surface area contributed by atoms with Crippen molar-refractivity contribution in [2.24, 2.45) is 0 Å². The van der Waals surface area contributed by atoms with Gasteiger partial charge in [0.25, 0.3) is 0 Å². The molecule has 0 unspecified atom stereocenters. The minimum Gasteiger partial charge on any atom is -0.497 e. The molecular weight excluding hydrogens is 272 g/mol. The first-order valence-electron chi connectivity index (χ1n) is 6.20. The number of fused-ring (bicyclic) bond motifs is 1. The maximum Gasteiger partial charge on any atom is 0.354 e. The molecule has 2 heterocycles. The van der Waals surface area contributed by atoms with Crippen LogP contribution in [0.1, 0.15) is 16.3 Å². The fraction of sp³-hybridized carbons (Fsp3) is 0.143. The van der Waals surface area contributed by atoms with Crippen molar-refractivity contribution in [2.45, 2.75) is 6.92 Å². The number of hydrogen-bond acceptors (Lipinski definition) is 5. The lowest BCUT2D eigenvalue weighted by atomic mass is 10.2. The van der Waals surface area contributed by atoms with E-state index < -0.39 is 5.97 Å². The van der Waals surface area contributed by atoms with Gasteiger partial charge in [0.15, 0.2) is 17.2 Å². The number of rotatable bonds is 3. The van der Waals surface area contributed by atoms with Gasteiger partial charge in [-0.1, -0.05) is 12.1 Å². The highest BCUT2D eigenvalue weighted by Crippen LogP contribution is 2.23. The normalized spacial score (nSPS) is 10.8. The lowest BCUT2D eigenvalue weighted by molar-refractivity contribution is 0.0690. The summed E-state index contributed by atoms with van der Waals surface area (Å²) in [6.07, 6.45) is 0. The van der Waals surface area contributed by atoms with Crippen LogP contribution in [0, 0.1) is 6.92 Å². The molecule has 0 spiro atoms. The second kappa shape index (κ2) is 4.86.